The summed E-state index contributed by atoms with van der Waals surface area (Å²) in [6.45, 7) is 5.43. The van der Waals surface area contributed by atoms with Crippen LogP contribution in [-0.2, 0) is 6.18 Å². The highest BCUT2D eigenvalue weighted by atomic mass is 19.4. The van der Waals surface area contributed by atoms with Gasteiger partial charge in [0.15, 0.2) is 0 Å². The summed E-state index contributed by atoms with van der Waals surface area (Å²) in [5, 5.41) is 3.14. The van der Waals surface area contributed by atoms with E-state index < -0.39 is 30.4 Å². The average Bonchev–Trinajstić information content (AvgIpc) is 3.03. The zero-order valence-electron chi connectivity index (χ0n) is 22.5. The van der Waals surface area contributed by atoms with Crippen LogP contribution in [0.1, 0.15) is 46.5 Å². The van der Waals surface area contributed by atoms with E-state index >= 15 is 0 Å². The Hall–Kier alpha value is -3.76. The number of carbonyl (C=O) groups excluding carboxylic acids is 1. The van der Waals surface area contributed by atoms with Gasteiger partial charge >= 0.3 is 12.2 Å². The number of carbonyl (C=O) groups is 1. The molecule has 8 nitrogen and oxygen atoms in total. The highest BCUT2D eigenvalue weighted by molar-refractivity contribution is 5.94. The fourth-order valence-electron chi connectivity index (χ4n) is 3.97. The number of hydrogen-bond donors (Lipinski definition) is 1. The van der Waals surface area contributed by atoms with Crippen LogP contribution in [0.5, 0.6) is 0 Å². The van der Waals surface area contributed by atoms with Crippen LogP contribution in [0, 0.1) is 12.8 Å². The lowest BCUT2D eigenvalue weighted by Crippen LogP contribution is -2.38. The normalized spacial score (nSPS) is 19.4. The molecule has 1 N–H and O–H groups in total. The lowest BCUT2D eigenvalue weighted by Gasteiger charge is -2.25. The van der Waals surface area contributed by atoms with E-state index in [0.717, 1.165) is 22.7 Å². The predicted octanol–water partition coefficient (Wildman–Crippen LogP) is 5.33. The molecule has 11 heteroatoms. The van der Waals surface area contributed by atoms with Crippen molar-refractivity contribution in [3.63, 3.8) is 0 Å². The van der Waals surface area contributed by atoms with Crippen molar-refractivity contribution in [2.45, 2.75) is 46.0 Å². The first-order chi connectivity index (χ1) is 17.7. The molecule has 1 fully saturated rings. The van der Waals surface area contributed by atoms with Gasteiger partial charge in [0, 0.05) is 37.7 Å². The van der Waals surface area contributed by atoms with Crippen LogP contribution >= 0.6 is 0 Å². The molecule has 2 atom stereocenters. The van der Waals surface area contributed by atoms with Crippen molar-refractivity contribution >= 4 is 17.8 Å². The molecule has 1 saturated heterocycles. The molecular weight excluding hydrogens is 471 g/mol. The lowest BCUT2D eigenvalue weighted by molar-refractivity contribution is -0.141. The summed E-state index contributed by atoms with van der Waals surface area (Å²) in [6.07, 6.45) is -0.418. The monoisotopic (exact) mass is 501 g/mol. The van der Waals surface area contributed by atoms with E-state index in [1.54, 1.807) is 19.1 Å². The quantitative estimate of drug-likeness (QED) is 0.491. The molecule has 0 saturated carbocycles. The average molecular weight is 502 g/mol. The molecule has 36 heavy (non-hydrogen) atoms. The number of halogens is 3. The van der Waals surface area contributed by atoms with Crippen molar-refractivity contribution in [3.8, 4) is 11.1 Å². The van der Waals surface area contributed by atoms with Crippen molar-refractivity contribution in [1.29, 1.82) is 0 Å². The van der Waals surface area contributed by atoms with E-state index in [4.69, 9.17) is 2.74 Å². The van der Waals surface area contributed by atoms with Crippen molar-refractivity contribution in [1.82, 2.24) is 24.8 Å². The third-order valence-electron chi connectivity index (χ3n) is 5.90. The van der Waals surface area contributed by atoms with Gasteiger partial charge in [-0.05, 0) is 55.2 Å². The molecular formula is C25H28F3N7O. The first-order valence-corrected chi connectivity index (χ1v) is 11.4. The molecule has 2 amide bonds. The molecule has 0 bridgehead atoms. The topological polar surface area (TPSA) is 87.1 Å². The number of likely N-dealkylation sites (N-methyl/N-ethyl adjacent to an activating group) is 1. The molecule has 1 aliphatic heterocycles. The van der Waals surface area contributed by atoms with Gasteiger partial charge in [-0.3, -0.25) is 14.9 Å². The Morgan fingerprint density at radius 3 is 2.53 bits per heavy atom. The Balaban J connectivity index is 1.57. The summed E-state index contributed by atoms with van der Waals surface area (Å²) in [5.41, 5.74) is 1.28. The van der Waals surface area contributed by atoms with Gasteiger partial charge in [0.05, 0.1) is 20.5 Å². The van der Waals surface area contributed by atoms with Gasteiger partial charge < -0.3 is 10.2 Å². The number of anilines is 2. The number of urea groups is 1. The minimum absolute atomic E-state index is 0.178. The van der Waals surface area contributed by atoms with Gasteiger partial charge in [-0.25, -0.2) is 9.78 Å². The molecule has 4 heterocycles. The van der Waals surface area contributed by atoms with E-state index in [1.165, 1.54) is 30.4 Å². The van der Waals surface area contributed by atoms with Crippen molar-refractivity contribution in [3.05, 3.63) is 59.8 Å². The Kier molecular flexibility index (Phi) is 6.12. The maximum atomic E-state index is 13.1. The highest BCUT2D eigenvalue weighted by Gasteiger charge is 2.38. The van der Waals surface area contributed by atoms with Crippen LogP contribution in [0.3, 0.4) is 0 Å². The number of amides is 2. The van der Waals surface area contributed by atoms with Gasteiger partial charge in [0.1, 0.15) is 11.5 Å². The van der Waals surface area contributed by atoms with Crippen LogP contribution in [0.25, 0.3) is 11.1 Å². The van der Waals surface area contributed by atoms with Crippen LogP contribution in [0.2, 0.25) is 0 Å². The van der Waals surface area contributed by atoms with Gasteiger partial charge in [0.2, 0.25) is 5.95 Å². The molecule has 0 aliphatic carbocycles. The number of hydrogen-bond acceptors (Lipinski definition) is 6. The summed E-state index contributed by atoms with van der Waals surface area (Å²) in [6, 6.07) is 4.20. The molecule has 3 aromatic heterocycles. The summed E-state index contributed by atoms with van der Waals surface area (Å²) < 4.78 is 56.1. The third-order valence-corrected chi connectivity index (χ3v) is 5.90. The minimum atomic E-state index is -4.54. The lowest BCUT2D eigenvalue weighted by atomic mass is 10.0. The number of nitrogens with zero attached hydrogens (tertiary/aromatic N) is 6. The highest BCUT2D eigenvalue weighted by Crippen LogP contribution is 2.32. The van der Waals surface area contributed by atoms with Gasteiger partial charge in [-0.2, -0.15) is 18.2 Å². The first-order valence-electron chi connectivity index (χ1n) is 12.4. The fourth-order valence-corrected chi connectivity index (χ4v) is 3.97. The van der Waals surface area contributed by atoms with Gasteiger partial charge in [-0.1, -0.05) is 13.8 Å². The van der Waals surface area contributed by atoms with Crippen LogP contribution in [-0.4, -0.2) is 50.5 Å². The third kappa shape index (κ3) is 5.09. The zero-order chi connectivity index (χ0) is 28.0. The Bertz CT molecular complexity index is 1350. The van der Waals surface area contributed by atoms with E-state index in [0.29, 0.717) is 16.8 Å². The Morgan fingerprint density at radius 1 is 1.14 bits per heavy atom. The second-order valence-electron chi connectivity index (χ2n) is 8.99. The summed E-state index contributed by atoms with van der Waals surface area (Å²) in [4.78, 5) is 31.9. The Labute approximate surface area is 210 Å². The standard InChI is InChI=1S/C25H28F3N7O/c1-14(2)20-13-34(5)24(36)35(20)22-7-9-30-23(33-22)32-16(4)19-10-15(3)18(12-31-19)17-6-8-29-21(11-17)25(26,27)28/h6-12,14,16,20H,13H2,1-5H3,(H,30,32,33)/t16-,20+/m0/s1/i13D2. The first kappa shape index (κ1) is 22.7. The Morgan fingerprint density at radius 2 is 1.86 bits per heavy atom. The molecule has 0 spiro atoms. The SMILES string of the molecule is [2H]C1([2H])[C@H](C(C)C)N(c2ccnc(N[C@@H](C)c3cc(C)c(-c4ccnc(C(F)(F)F)c4)cn3)n2)C(=O)N1C. The minimum Gasteiger partial charge on any atom is -0.346 e. The van der Waals surface area contributed by atoms with Crippen LogP contribution in [0.4, 0.5) is 29.7 Å². The smallest absolute Gasteiger partial charge is 0.346 e. The van der Waals surface area contributed by atoms with Gasteiger partial charge in [0.25, 0.3) is 0 Å². The van der Waals surface area contributed by atoms with E-state index in [9.17, 15) is 18.0 Å². The molecule has 1 aliphatic rings. The van der Waals surface area contributed by atoms with E-state index in [1.807, 2.05) is 20.8 Å². The van der Waals surface area contributed by atoms with Crippen LogP contribution < -0.4 is 10.2 Å². The molecule has 0 unspecified atom stereocenters. The molecule has 190 valence electrons. The number of alkyl halides is 3. The summed E-state index contributed by atoms with van der Waals surface area (Å²) in [7, 11) is 1.42. The number of rotatable bonds is 6. The molecule has 4 rings (SSSR count). The van der Waals surface area contributed by atoms with Crippen molar-refractivity contribution in [2.75, 3.05) is 23.8 Å². The number of aromatic nitrogens is 4. The van der Waals surface area contributed by atoms with Crippen molar-refractivity contribution in [2.24, 2.45) is 5.92 Å². The van der Waals surface area contributed by atoms with E-state index in [-0.39, 0.29) is 23.7 Å². The molecule has 0 radical (unpaired) electrons. The number of pyridine rings is 2. The van der Waals surface area contributed by atoms with Crippen molar-refractivity contribution < 1.29 is 20.7 Å². The van der Waals surface area contributed by atoms with E-state index in [2.05, 4.69) is 25.3 Å². The van der Waals surface area contributed by atoms with Crippen LogP contribution in [0.15, 0.2) is 42.9 Å². The van der Waals surface area contributed by atoms with Gasteiger partial charge in [-0.15, -0.1) is 0 Å². The predicted molar refractivity (Wildman–Crippen MR) is 130 cm³/mol. The summed E-state index contributed by atoms with van der Waals surface area (Å²) >= 11 is 0. The maximum Gasteiger partial charge on any atom is 0.433 e. The number of aryl methyl sites for hydroxylation is 1. The second-order valence-corrected chi connectivity index (χ2v) is 8.99. The maximum absolute atomic E-state index is 13.1. The fraction of sp³-hybridized carbons (Fsp3) is 0.400. The number of nitrogens with one attached hydrogen (secondary N) is 1. The molecule has 0 aromatic carbocycles. The summed E-state index contributed by atoms with van der Waals surface area (Å²) in [5.74, 6) is 0.305. The zero-order valence-corrected chi connectivity index (χ0v) is 20.5. The second kappa shape index (κ2) is 9.71. The molecule has 3 aromatic rings. The largest absolute Gasteiger partial charge is 0.433 e.